The maximum absolute atomic E-state index is 10.6. The third kappa shape index (κ3) is 3.40. The van der Waals surface area contributed by atoms with Crippen molar-refractivity contribution in [2.45, 2.75) is 6.42 Å². The number of benzene rings is 1. The zero-order valence-corrected chi connectivity index (χ0v) is 9.33. The molecule has 0 aliphatic heterocycles. The molecule has 1 aromatic carbocycles. The molecule has 3 heteroatoms. The van der Waals surface area contributed by atoms with Gasteiger partial charge in [-0.15, -0.1) is 11.6 Å². The molecule has 0 fully saturated rings. The summed E-state index contributed by atoms with van der Waals surface area (Å²) in [5.74, 6) is 1.35. The van der Waals surface area contributed by atoms with E-state index in [2.05, 4.69) is 0 Å². The van der Waals surface area contributed by atoms with Crippen LogP contribution in [0.15, 0.2) is 24.3 Å². The SMILES string of the molecule is COc1ccc(C=O)cc1C=CCCCl. The van der Waals surface area contributed by atoms with Crippen LogP contribution in [0.25, 0.3) is 6.08 Å². The number of rotatable bonds is 5. The van der Waals surface area contributed by atoms with Crippen molar-refractivity contribution < 1.29 is 9.53 Å². The molecule has 0 atom stereocenters. The summed E-state index contributed by atoms with van der Waals surface area (Å²) in [7, 11) is 1.61. The van der Waals surface area contributed by atoms with E-state index in [1.54, 1.807) is 25.3 Å². The first kappa shape index (κ1) is 11.8. The number of ether oxygens (including phenoxy) is 1. The Labute approximate surface area is 94.5 Å². The Bertz CT molecular complexity index is 359. The van der Waals surface area contributed by atoms with Crippen molar-refractivity contribution in [3.63, 3.8) is 0 Å². The largest absolute Gasteiger partial charge is 0.496 e. The second kappa shape index (κ2) is 6.25. The van der Waals surface area contributed by atoms with E-state index in [0.717, 1.165) is 24.0 Å². The molecule has 0 aromatic heterocycles. The lowest BCUT2D eigenvalue weighted by Gasteiger charge is -2.04. The van der Waals surface area contributed by atoms with Crippen molar-refractivity contribution in [3.05, 3.63) is 35.4 Å². The van der Waals surface area contributed by atoms with E-state index >= 15 is 0 Å². The van der Waals surface area contributed by atoms with Crippen LogP contribution >= 0.6 is 11.6 Å². The molecule has 0 unspecified atom stereocenters. The van der Waals surface area contributed by atoms with Crippen LogP contribution in [-0.4, -0.2) is 19.3 Å². The molecule has 0 heterocycles. The Morgan fingerprint density at radius 3 is 2.87 bits per heavy atom. The second-order valence-electron chi connectivity index (χ2n) is 3.00. The average molecular weight is 225 g/mol. The molecule has 80 valence electrons. The molecule has 0 radical (unpaired) electrons. The standard InChI is InChI=1S/C12H13ClO2/c1-15-12-6-5-10(9-14)8-11(12)4-2-3-7-13/h2,4-6,8-9H,3,7H2,1H3. The van der Waals surface area contributed by atoms with Gasteiger partial charge in [0.05, 0.1) is 7.11 Å². The van der Waals surface area contributed by atoms with Gasteiger partial charge in [0.25, 0.3) is 0 Å². The lowest BCUT2D eigenvalue weighted by molar-refractivity contribution is 0.112. The summed E-state index contributed by atoms with van der Waals surface area (Å²) in [5, 5.41) is 0. The highest BCUT2D eigenvalue weighted by molar-refractivity contribution is 6.17. The minimum atomic E-state index is 0.589. The number of hydrogen-bond acceptors (Lipinski definition) is 2. The van der Waals surface area contributed by atoms with E-state index in [4.69, 9.17) is 16.3 Å². The maximum atomic E-state index is 10.6. The molecule has 0 aliphatic carbocycles. The van der Waals surface area contributed by atoms with E-state index in [1.807, 2.05) is 12.2 Å². The lowest BCUT2D eigenvalue weighted by atomic mass is 10.1. The molecule has 2 nitrogen and oxygen atoms in total. The van der Waals surface area contributed by atoms with Crippen molar-refractivity contribution in [1.29, 1.82) is 0 Å². The Morgan fingerprint density at radius 2 is 2.27 bits per heavy atom. The van der Waals surface area contributed by atoms with Crippen LogP contribution in [0.3, 0.4) is 0 Å². The van der Waals surface area contributed by atoms with Gasteiger partial charge in [0.2, 0.25) is 0 Å². The molecule has 1 rings (SSSR count). The van der Waals surface area contributed by atoms with Crippen molar-refractivity contribution in [1.82, 2.24) is 0 Å². The molecule has 0 N–H and O–H groups in total. The van der Waals surface area contributed by atoms with E-state index in [-0.39, 0.29) is 0 Å². The van der Waals surface area contributed by atoms with Gasteiger partial charge in [-0.2, -0.15) is 0 Å². The van der Waals surface area contributed by atoms with Crippen molar-refractivity contribution in [2.75, 3.05) is 13.0 Å². The number of alkyl halides is 1. The summed E-state index contributed by atoms with van der Waals surface area (Å²) in [6, 6.07) is 5.30. The quantitative estimate of drug-likeness (QED) is 0.567. The van der Waals surface area contributed by atoms with Gasteiger partial charge in [-0.1, -0.05) is 12.2 Å². The zero-order valence-electron chi connectivity index (χ0n) is 8.57. The Balaban J connectivity index is 2.95. The first-order valence-corrected chi connectivity index (χ1v) is 5.21. The average Bonchev–Trinajstić information content (AvgIpc) is 2.29. The summed E-state index contributed by atoms with van der Waals surface area (Å²) in [4.78, 5) is 10.6. The monoisotopic (exact) mass is 224 g/mol. The van der Waals surface area contributed by atoms with Crippen LogP contribution in [0.5, 0.6) is 5.75 Å². The topological polar surface area (TPSA) is 26.3 Å². The smallest absolute Gasteiger partial charge is 0.150 e. The van der Waals surface area contributed by atoms with Crippen LogP contribution in [0, 0.1) is 0 Å². The predicted molar refractivity (Wildman–Crippen MR) is 62.8 cm³/mol. The molecule has 0 saturated heterocycles. The summed E-state index contributed by atoms with van der Waals surface area (Å²) >= 11 is 5.56. The van der Waals surface area contributed by atoms with Gasteiger partial charge in [0, 0.05) is 17.0 Å². The highest BCUT2D eigenvalue weighted by Crippen LogP contribution is 2.20. The fourth-order valence-corrected chi connectivity index (χ4v) is 1.36. The molecule has 0 amide bonds. The number of carbonyl (C=O) groups is 1. The van der Waals surface area contributed by atoms with Gasteiger partial charge in [-0.05, 0) is 24.6 Å². The number of halogens is 1. The summed E-state index contributed by atoms with van der Waals surface area (Å²) < 4.78 is 5.18. The third-order valence-corrected chi connectivity index (χ3v) is 2.18. The van der Waals surface area contributed by atoms with Gasteiger partial charge < -0.3 is 4.74 Å². The number of allylic oxidation sites excluding steroid dienone is 1. The van der Waals surface area contributed by atoms with E-state index in [1.165, 1.54) is 0 Å². The minimum absolute atomic E-state index is 0.589. The molecule has 0 saturated carbocycles. The van der Waals surface area contributed by atoms with Crippen LogP contribution in [0.4, 0.5) is 0 Å². The number of carbonyl (C=O) groups excluding carboxylic acids is 1. The predicted octanol–water partition coefficient (Wildman–Crippen LogP) is 3.15. The van der Waals surface area contributed by atoms with Crippen LogP contribution < -0.4 is 4.74 Å². The molecule has 1 aromatic rings. The number of methoxy groups -OCH3 is 1. The highest BCUT2D eigenvalue weighted by Gasteiger charge is 2.00. The molecular weight excluding hydrogens is 212 g/mol. The lowest BCUT2D eigenvalue weighted by Crippen LogP contribution is -1.89. The second-order valence-corrected chi connectivity index (χ2v) is 3.38. The molecule has 0 aliphatic rings. The molecule has 15 heavy (non-hydrogen) atoms. The summed E-state index contributed by atoms with van der Waals surface area (Å²) in [5.41, 5.74) is 1.54. The van der Waals surface area contributed by atoms with Gasteiger partial charge in [-0.25, -0.2) is 0 Å². The van der Waals surface area contributed by atoms with Crippen LogP contribution in [0.1, 0.15) is 22.3 Å². The Kier molecular flexibility index (Phi) is 4.91. The van der Waals surface area contributed by atoms with Gasteiger partial charge in [0.1, 0.15) is 12.0 Å². The highest BCUT2D eigenvalue weighted by atomic mass is 35.5. The van der Waals surface area contributed by atoms with Gasteiger partial charge >= 0.3 is 0 Å². The van der Waals surface area contributed by atoms with Crippen LogP contribution in [0.2, 0.25) is 0 Å². The molecular formula is C12H13ClO2. The maximum Gasteiger partial charge on any atom is 0.150 e. The number of hydrogen-bond donors (Lipinski definition) is 0. The first-order chi connectivity index (χ1) is 7.31. The molecule has 0 bridgehead atoms. The summed E-state index contributed by atoms with van der Waals surface area (Å²) in [6.07, 6.45) is 5.49. The fourth-order valence-electron chi connectivity index (χ4n) is 1.23. The minimum Gasteiger partial charge on any atom is -0.496 e. The van der Waals surface area contributed by atoms with Crippen LogP contribution in [-0.2, 0) is 0 Å². The Hall–Kier alpha value is -1.28. The molecule has 0 spiro atoms. The fraction of sp³-hybridized carbons (Fsp3) is 0.250. The normalized spacial score (nSPS) is 10.5. The first-order valence-electron chi connectivity index (χ1n) is 4.67. The third-order valence-electron chi connectivity index (χ3n) is 1.96. The van der Waals surface area contributed by atoms with Crippen molar-refractivity contribution in [3.8, 4) is 5.75 Å². The zero-order chi connectivity index (χ0) is 11.1. The van der Waals surface area contributed by atoms with E-state index < -0.39 is 0 Å². The van der Waals surface area contributed by atoms with E-state index in [9.17, 15) is 4.79 Å². The van der Waals surface area contributed by atoms with Gasteiger partial charge in [0.15, 0.2) is 0 Å². The number of aldehydes is 1. The van der Waals surface area contributed by atoms with Gasteiger partial charge in [-0.3, -0.25) is 4.79 Å². The Morgan fingerprint density at radius 1 is 1.47 bits per heavy atom. The van der Waals surface area contributed by atoms with E-state index in [0.29, 0.717) is 11.4 Å². The van der Waals surface area contributed by atoms with Crippen molar-refractivity contribution in [2.24, 2.45) is 0 Å². The summed E-state index contributed by atoms with van der Waals surface area (Å²) in [6.45, 7) is 0. The van der Waals surface area contributed by atoms with Crippen molar-refractivity contribution >= 4 is 24.0 Å².